The molecule has 1 aromatic heterocycles. The van der Waals surface area contributed by atoms with Crippen molar-refractivity contribution in [3.8, 4) is 0 Å². The van der Waals surface area contributed by atoms with Crippen LogP contribution >= 0.6 is 15.9 Å². The highest BCUT2D eigenvalue weighted by molar-refractivity contribution is 9.09. The lowest BCUT2D eigenvalue weighted by Crippen LogP contribution is -2.10. The Morgan fingerprint density at radius 3 is 2.60 bits per heavy atom. The van der Waals surface area contributed by atoms with E-state index in [0.717, 1.165) is 23.5 Å². The Bertz CT molecular complexity index is 323. The summed E-state index contributed by atoms with van der Waals surface area (Å²) in [4.78, 5) is 9.36. The molecule has 84 valence electrons. The van der Waals surface area contributed by atoms with Crippen molar-refractivity contribution in [1.29, 1.82) is 0 Å². The summed E-state index contributed by atoms with van der Waals surface area (Å²) in [7, 11) is 0. The van der Waals surface area contributed by atoms with Crippen LogP contribution < -0.4 is 0 Å². The molecule has 0 amide bonds. The third kappa shape index (κ3) is 4.29. The molecular weight excluding hydrogens is 252 g/mol. The van der Waals surface area contributed by atoms with Gasteiger partial charge in [0.1, 0.15) is 0 Å². The van der Waals surface area contributed by atoms with E-state index in [0.29, 0.717) is 10.7 Å². The second-order valence-corrected chi connectivity index (χ2v) is 5.77. The highest BCUT2D eigenvalue weighted by atomic mass is 79.9. The fourth-order valence-electron chi connectivity index (χ4n) is 1.59. The lowest BCUT2D eigenvalue weighted by molar-refractivity contribution is 0.567. The summed E-state index contributed by atoms with van der Waals surface area (Å²) >= 11 is 3.71. The summed E-state index contributed by atoms with van der Waals surface area (Å²) in [5.74, 6) is 0.715. The molecular formula is C12H19BrN2. The van der Waals surface area contributed by atoms with Crippen LogP contribution in [0.4, 0.5) is 0 Å². The van der Waals surface area contributed by atoms with Crippen LogP contribution in [0, 0.1) is 19.8 Å². The number of alkyl halides is 1. The zero-order valence-electron chi connectivity index (χ0n) is 9.92. The van der Waals surface area contributed by atoms with Gasteiger partial charge in [0.15, 0.2) is 0 Å². The molecule has 0 bridgehead atoms. The maximum Gasteiger partial charge on any atom is 0.0630 e. The second kappa shape index (κ2) is 5.59. The molecule has 1 atom stereocenters. The van der Waals surface area contributed by atoms with Gasteiger partial charge in [-0.1, -0.05) is 29.8 Å². The van der Waals surface area contributed by atoms with Crippen LogP contribution in [0.2, 0.25) is 0 Å². The van der Waals surface area contributed by atoms with Crippen molar-refractivity contribution in [3.63, 3.8) is 0 Å². The van der Waals surface area contributed by atoms with Gasteiger partial charge in [-0.2, -0.15) is 0 Å². The minimum Gasteiger partial charge on any atom is -0.258 e. The lowest BCUT2D eigenvalue weighted by Gasteiger charge is -2.13. The fourth-order valence-corrected chi connectivity index (χ4v) is 2.64. The van der Waals surface area contributed by atoms with E-state index in [1.54, 1.807) is 0 Å². The van der Waals surface area contributed by atoms with Crippen LogP contribution in [0.15, 0.2) is 6.20 Å². The van der Waals surface area contributed by atoms with Crippen LogP contribution in [0.1, 0.15) is 37.4 Å². The highest BCUT2D eigenvalue weighted by Gasteiger charge is 2.11. The molecule has 0 spiro atoms. The minimum atomic E-state index is 0.507. The molecule has 0 aliphatic heterocycles. The summed E-state index contributed by atoms with van der Waals surface area (Å²) < 4.78 is 0. The van der Waals surface area contributed by atoms with Gasteiger partial charge < -0.3 is 0 Å². The molecule has 1 heterocycles. The molecule has 1 unspecified atom stereocenters. The van der Waals surface area contributed by atoms with E-state index in [2.05, 4.69) is 39.7 Å². The average molecular weight is 271 g/mol. The van der Waals surface area contributed by atoms with Gasteiger partial charge in [0.2, 0.25) is 0 Å². The number of rotatable bonds is 4. The van der Waals surface area contributed by atoms with Crippen LogP contribution in [0.3, 0.4) is 0 Å². The van der Waals surface area contributed by atoms with E-state index in [4.69, 9.17) is 0 Å². The van der Waals surface area contributed by atoms with Crippen LogP contribution in [-0.2, 0) is 6.42 Å². The monoisotopic (exact) mass is 270 g/mol. The molecule has 2 nitrogen and oxygen atoms in total. The molecule has 0 aliphatic carbocycles. The Morgan fingerprint density at radius 2 is 2.00 bits per heavy atom. The third-order valence-electron chi connectivity index (χ3n) is 2.32. The predicted molar refractivity (Wildman–Crippen MR) is 67.4 cm³/mol. The molecule has 1 aromatic rings. The summed E-state index contributed by atoms with van der Waals surface area (Å²) in [6, 6.07) is 0. The molecule has 0 radical (unpaired) electrons. The smallest absolute Gasteiger partial charge is 0.0630 e. The van der Waals surface area contributed by atoms with E-state index in [-0.39, 0.29) is 0 Å². The Kier molecular flexibility index (Phi) is 4.71. The number of nitrogens with zero attached hydrogens (tertiary/aromatic N) is 2. The van der Waals surface area contributed by atoms with Crippen molar-refractivity contribution >= 4 is 15.9 Å². The molecule has 0 saturated carbocycles. The quantitative estimate of drug-likeness (QED) is 0.784. The van der Waals surface area contributed by atoms with Crippen LogP contribution in [0.5, 0.6) is 0 Å². The van der Waals surface area contributed by atoms with Crippen molar-refractivity contribution in [1.82, 2.24) is 9.97 Å². The zero-order valence-corrected chi connectivity index (χ0v) is 11.5. The van der Waals surface area contributed by atoms with Gasteiger partial charge in [0, 0.05) is 17.4 Å². The van der Waals surface area contributed by atoms with Crippen LogP contribution in [-0.4, -0.2) is 14.8 Å². The standard InChI is InChI=1S/C12H19BrN2/c1-8(2)5-11(13)6-12-10(4)14-7-9(3)15-12/h7-8,11H,5-6H2,1-4H3. The van der Waals surface area contributed by atoms with Gasteiger partial charge in [-0.05, 0) is 26.2 Å². The number of hydrogen-bond acceptors (Lipinski definition) is 2. The van der Waals surface area contributed by atoms with Crippen molar-refractivity contribution < 1.29 is 0 Å². The number of hydrogen-bond donors (Lipinski definition) is 0. The van der Waals surface area contributed by atoms with Gasteiger partial charge >= 0.3 is 0 Å². The van der Waals surface area contributed by atoms with Crippen molar-refractivity contribution in [2.24, 2.45) is 5.92 Å². The molecule has 0 N–H and O–H groups in total. The minimum absolute atomic E-state index is 0.507. The highest BCUT2D eigenvalue weighted by Crippen LogP contribution is 2.18. The van der Waals surface area contributed by atoms with Crippen LogP contribution in [0.25, 0.3) is 0 Å². The van der Waals surface area contributed by atoms with E-state index in [1.807, 2.05) is 20.0 Å². The third-order valence-corrected chi connectivity index (χ3v) is 3.01. The van der Waals surface area contributed by atoms with E-state index < -0.39 is 0 Å². The molecule has 0 fully saturated rings. The van der Waals surface area contributed by atoms with E-state index >= 15 is 0 Å². The summed E-state index contributed by atoms with van der Waals surface area (Å²) in [5, 5.41) is 0. The largest absolute Gasteiger partial charge is 0.258 e. The second-order valence-electron chi connectivity index (χ2n) is 4.47. The van der Waals surface area contributed by atoms with Gasteiger partial charge in [-0.25, -0.2) is 0 Å². The first-order valence-corrected chi connectivity index (χ1v) is 6.33. The first-order chi connectivity index (χ1) is 6.99. The summed E-state index contributed by atoms with van der Waals surface area (Å²) in [6.45, 7) is 8.49. The first kappa shape index (κ1) is 12.6. The maximum absolute atomic E-state index is 4.53. The Labute approximate surface area is 101 Å². The van der Waals surface area contributed by atoms with E-state index in [1.165, 1.54) is 6.42 Å². The molecule has 3 heteroatoms. The molecule has 15 heavy (non-hydrogen) atoms. The fraction of sp³-hybridized carbons (Fsp3) is 0.667. The van der Waals surface area contributed by atoms with Gasteiger partial charge in [0.05, 0.1) is 17.1 Å². The van der Waals surface area contributed by atoms with Crippen molar-refractivity contribution in [3.05, 3.63) is 23.3 Å². The van der Waals surface area contributed by atoms with Gasteiger partial charge in [-0.15, -0.1) is 0 Å². The Hall–Kier alpha value is -0.440. The number of aromatic nitrogens is 2. The molecule has 1 rings (SSSR count). The Balaban J connectivity index is 2.67. The normalized spacial score (nSPS) is 13.2. The zero-order chi connectivity index (χ0) is 11.4. The average Bonchev–Trinajstić information content (AvgIpc) is 2.10. The van der Waals surface area contributed by atoms with Gasteiger partial charge in [-0.3, -0.25) is 9.97 Å². The summed E-state index contributed by atoms with van der Waals surface area (Å²) in [6.07, 6.45) is 3.97. The van der Waals surface area contributed by atoms with E-state index in [9.17, 15) is 0 Å². The maximum atomic E-state index is 4.53. The molecule has 0 saturated heterocycles. The van der Waals surface area contributed by atoms with Gasteiger partial charge in [0.25, 0.3) is 0 Å². The first-order valence-electron chi connectivity index (χ1n) is 5.42. The SMILES string of the molecule is Cc1cnc(C)c(CC(Br)CC(C)C)n1. The number of aryl methyl sites for hydroxylation is 2. The Morgan fingerprint density at radius 1 is 1.33 bits per heavy atom. The van der Waals surface area contributed by atoms with Crippen molar-refractivity contribution in [2.75, 3.05) is 0 Å². The molecule has 0 aromatic carbocycles. The van der Waals surface area contributed by atoms with Crippen molar-refractivity contribution in [2.45, 2.75) is 45.4 Å². The molecule has 0 aliphatic rings. The predicted octanol–water partition coefficient (Wildman–Crippen LogP) is 3.45. The lowest BCUT2D eigenvalue weighted by atomic mass is 10.0. The number of halogens is 1. The summed E-state index contributed by atoms with van der Waals surface area (Å²) in [5.41, 5.74) is 3.17. The topological polar surface area (TPSA) is 25.8 Å².